The highest BCUT2D eigenvalue weighted by Crippen LogP contribution is 2.21. The summed E-state index contributed by atoms with van der Waals surface area (Å²) in [6, 6.07) is 5.63. The van der Waals surface area contributed by atoms with Gasteiger partial charge >= 0.3 is 0 Å². The molecule has 0 aliphatic rings. The molecule has 4 heteroatoms. The quantitative estimate of drug-likeness (QED) is 0.776. The average molecular weight is 217 g/mol. The van der Waals surface area contributed by atoms with Crippen molar-refractivity contribution >= 4 is 0 Å². The van der Waals surface area contributed by atoms with Crippen LogP contribution in [-0.2, 0) is 6.42 Å². The van der Waals surface area contributed by atoms with Crippen molar-refractivity contribution in [1.29, 1.82) is 0 Å². The summed E-state index contributed by atoms with van der Waals surface area (Å²) in [7, 11) is 0. The second-order valence-corrected chi connectivity index (χ2v) is 4.96. The van der Waals surface area contributed by atoms with Crippen LogP contribution in [-0.4, -0.2) is 15.1 Å². The van der Waals surface area contributed by atoms with Crippen LogP contribution in [0.5, 0.6) is 0 Å². The van der Waals surface area contributed by atoms with Gasteiger partial charge in [0.25, 0.3) is 0 Å². The lowest BCUT2D eigenvalue weighted by atomic mass is 9.92. The van der Waals surface area contributed by atoms with Crippen LogP contribution in [0.4, 0.5) is 0 Å². The van der Waals surface area contributed by atoms with Gasteiger partial charge in [0.05, 0.1) is 0 Å². The Morgan fingerprint density at radius 2 is 2.06 bits per heavy atom. The van der Waals surface area contributed by atoms with Crippen LogP contribution in [0.25, 0.3) is 11.5 Å². The van der Waals surface area contributed by atoms with Crippen molar-refractivity contribution < 1.29 is 4.52 Å². The zero-order valence-corrected chi connectivity index (χ0v) is 9.77. The van der Waals surface area contributed by atoms with E-state index in [1.807, 2.05) is 18.2 Å². The molecule has 0 bridgehead atoms. The van der Waals surface area contributed by atoms with Gasteiger partial charge in [-0.2, -0.15) is 4.98 Å². The fourth-order valence-electron chi connectivity index (χ4n) is 1.38. The lowest BCUT2D eigenvalue weighted by Gasteiger charge is -2.13. The summed E-state index contributed by atoms with van der Waals surface area (Å²) in [6.07, 6.45) is 2.49. The van der Waals surface area contributed by atoms with Gasteiger partial charge in [0, 0.05) is 12.6 Å². The van der Waals surface area contributed by atoms with Gasteiger partial charge in [-0.1, -0.05) is 32.0 Å². The smallest absolute Gasteiger partial charge is 0.227 e. The molecule has 2 aromatic rings. The van der Waals surface area contributed by atoms with Crippen molar-refractivity contribution in [3.8, 4) is 11.5 Å². The number of pyridine rings is 1. The van der Waals surface area contributed by atoms with Gasteiger partial charge in [0.2, 0.25) is 11.7 Å². The topological polar surface area (TPSA) is 51.8 Å². The first-order valence-electron chi connectivity index (χ1n) is 5.29. The third-order valence-corrected chi connectivity index (χ3v) is 2.04. The molecular weight excluding hydrogens is 202 g/mol. The predicted octanol–water partition coefficient (Wildman–Crippen LogP) is 2.72. The van der Waals surface area contributed by atoms with Gasteiger partial charge in [-0.25, -0.2) is 0 Å². The van der Waals surface area contributed by atoms with Crippen molar-refractivity contribution in [2.24, 2.45) is 5.41 Å². The van der Waals surface area contributed by atoms with Crippen LogP contribution >= 0.6 is 0 Å². The molecule has 0 unspecified atom stereocenters. The van der Waals surface area contributed by atoms with E-state index in [0.717, 1.165) is 12.1 Å². The van der Waals surface area contributed by atoms with Crippen LogP contribution in [0.1, 0.15) is 26.7 Å². The summed E-state index contributed by atoms with van der Waals surface area (Å²) in [5.74, 6) is 1.22. The molecule has 0 radical (unpaired) electrons. The Balaban J connectivity index is 2.21. The Morgan fingerprint density at radius 3 is 2.69 bits per heavy atom. The zero-order chi connectivity index (χ0) is 11.6. The molecule has 2 heterocycles. The Kier molecular flexibility index (Phi) is 2.73. The number of hydrogen-bond acceptors (Lipinski definition) is 4. The summed E-state index contributed by atoms with van der Waals surface area (Å²) in [5, 5.41) is 3.92. The number of hydrogen-bond donors (Lipinski definition) is 0. The van der Waals surface area contributed by atoms with Crippen molar-refractivity contribution in [2.45, 2.75) is 27.2 Å². The highest BCUT2D eigenvalue weighted by atomic mass is 16.5. The fourth-order valence-corrected chi connectivity index (χ4v) is 1.38. The maximum absolute atomic E-state index is 5.19. The van der Waals surface area contributed by atoms with Crippen molar-refractivity contribution in [1.82, 2.24) is 15.1 Å². The number of aromatic nitrogens is 3. The summed E-state index contributed by atoms with van der Waals surface area (Å²) in [4.78, 5) is 8.50. The van der Waals surface area contributed by atoms with Gasteiger partial charge in [0.15, 0.2) is 0 Å². The highest BCUT2D eigenvalue weighted by Gasteiger charge is 2.17. The van der Waals surface area contributed by atoms with E-state index in [9.17, 15) is 0 Å². The molecule has 84 valence electrons. The van der Waals surface area contributed by atoms with Gasteiger partial charge in [0.1, 0.15) is 5.69 Å². The van der Waals surface area contributed by atoms with E-state index in [1.165, 1.54) is 0 Å². The molecule has 0 saturated carbocycles. The van der Waals surface area contributed by atoms with Crippen LogP contribution in [0, 0.1) is 5.41 Å². The molecule has 0 spiro atoms. The highest BCUT2D eigenvalue weighted by molar-refractivity contribution is 5.46. The standard InChI is InChI=1S/C12H15N3O/c1-12(2,3)8-10-14-11(15-16-10)9-6-4-5-7-13-9/h4-7H,8H2,1-3H3. The second kappa shape index (κ2) is 4.04. The molecule has 16 heavy (non-hydrogen) atoms. The molecule has 0 fully saturated rings. The average Bonchev–Trinajstić information content (AvgIpc) is 2.65. The molecule has 4 nitrogen and oxygen atoms in total. The van der Waals surface area contributed by atoms with Crippen molar-refractivity contribution in [2.75, 3.05) is 0 Å². The van der Waals surface area contributed by atoms with E-state index in [-0.39, 0.29) is 5.41 Å². The van der Waals surface area contributed by atoms with E-state index < -0.39 is 0 Å². The largest absolute Gasteiger partial charge is 0.339 e. The minimum atomic E-state index is 0.147. The van der Waals surface area contributed by atoms with E-state index in [4.69, 9.17) is 4.52 Å². The van der Waals surface area contributed by atoms with Gasteiger partial charge in [-0.3, -0.25) is 4.98 Å². The minimum absolute atomic E-state index is 0.147. The molecule has 0 aliphatic carbocycles. The predicted molar refractivity (Wildman–Crippen MR) is 60.7 cm³/mol. The van der Waals surface area contributed by atoms with Gasteiger partial charge in [-0.15, -0.1) is 0 Å². The summed E-state index contributed by atoms with van der Waals surface area (Å²) >= 11 is 0. The first-order chi connectivity index (χ1) is 7.54. The molecule has 0 aliphatic heterocycles. The van der Waals surface area contributed by atoms with Crippen LogP contribution in [0.2, 0.25) is 0 Å². The van der Waals surface area contributed by atoms with Gasteiger partial charge in [-0.05, 0) is 17.5 Å². The lowest BCUT2D eigenvalue weighted by Crippen LogP contribution is -2.09. The Morgan fingerprint density at radius 1 is 1.25 bits per heavy atom. The maximum Gasteiger partial charge on any atom is 0.227 e. The summed E-state index contributed by atoms with van der Waals surface area (Å²) in [6.45, 7) is 6.41. The van der Waals surface area contributed by atoms with Crippen LogP contribution in [0.15, 0.2) is 28.9 Å². The first kappa shape index (κ1) is 10.8. The zero-order valence-electron chi connectivity index (χ0n) is 9.77. The van der Waals surface area contributed by atoms with Crippen LogP contribution in [0.3, 0.4) is 0 Å². The normalized spacial score (nSPS) is 11.7. The molecule has 0 saturated heterocycles. The van der Waals surface area contributed by atoms with Crippen LogP contribution < -0.4 is 0 Å². The van der Waals surface area contributed by atoms with Crippen molar-refractivity contribution in [3.63, 3.8) is 0 Å². The third-order valence-electron chi connectivity index (χ3n) is 2.04. The monoisotopic (exact) mass is 217 g/mol. The summed E-state index contributed by atoms with van der Waals surface area (Å²) < 4.78 is 5.19. The Labute approximate surface area is 94.7 Å². The van der Waals surface area contributed by atoms with Gasteiger partial charge < -0.3 is 4.52 Å². The molecule has 2 aromatic heterocycles. The maximum atomic E-state index is 5.19. The minimum Gasteiger partial charge on any atom is -0.339 e. The second-order valence-electron chi connectivity index (χ2n) is 4.96. The Hall–Kier alpha value is -1.71. The van der Waals surface area contributed by atoms with E-state index >= 15 is 0 Å². The Bertz CT molecular complexity index is 457. The fraction of sp³-hybridized carbons (Fsp3) is 0.417. The molecule has 0 amide bonds. The van der Waals surface area contributed by atoms with E-state index in [1.54, 1.807) is 6.20 Å². The number of nitrogens with zero attached hydrogens (tertiary/aromatic N) is 3. The first-order valence-corrected chi connectivity index (χ1v) is 5.29. The summed E-state index contributed by atoms with van der Waals surface area (Å²) in [5.41, 5.74) is 0.889. The van der Waals surface area contributed by atoms with E-state index in [0.29, 0.717) is 11.7 Å². The molecule has 0 N–H and O–H groups in total. The molecule has 0 aromatic carbocycles. The van der Waals surface area contributed by atoms with Crippen molar-refractivity contribution in [3.05, 3.63) is 30.3 Å². The molecular formula is C12H15N3O. The van der Waals surface area contributed by atoms with E-state index in [2.05, 4.69) is 35.9 Å². The lowest BCUT2D eigenvalue weighted by molar-refractivity contribution is 0.314. The SMILES string of the molecule is CC(C)(C)Cc1nc(-c2ccccn2)no1. The number of rotatable bonds is 2. The molecule has 0 atom stereocenters. The third kappa shape index (κ3) is 2.66. The molecule has 2 rings (SSSR count).